The molecule has 12 N–H and O–H groups in total. The molecule has 2 rings (SSSR count). The van der Waals surface area contributed by atoms with Crippen molar-refractivity contribution in [3.63, 3.8) is 0 Å². The van der Waals surface area contributed by atoms with Gasteiger partial charge in [-0.15, -0.1) is 0 Å². The highest BCUT2D eigenvalue weighted by atomic mass is 35.5. The topological polar surface area (TPSA) is 239 Å². The van der Waals surface area contributed by atoms with Crippen molar-refractivity contribution in [2.24, 2.45) is 27.2 Å². The number of anilines is 2. The van der Waals surface area contributed by atoms with Gasteiger partial charge in [0.1, 0.15) is 18.5 Å². The molecule has 0 bridgehead atoms. The average Bonchev–Trinajstić information content (AvgIpc) is 2.79. The fourth-order valence-corrected chi connectivity index (χ4v) is 2.80. The summed E-state index contributed by atoms with van der Waals surface area (Å²) in [5.74, 6) is -0.427. The number of hydrogen-bond acceptors (Lipinski definition) is 9. The molecule has 13 nitrogen and oxygen atoms in total. The van der Waals surface area contributed by atoms with E-state index in [-0.39, 0.29) is 47.6 Å². The number of nitrogens with one attached hydrogen (secondary N) is 1. The molecule has 1 amide bonds. The maximum atomic E-state index is 12.2. The quantitative estimate of drug-likeness (QED) is 0.119. The van der Waals surface area contributed by atoms with Gasteiger partial charge in [-0.2, -0.15) is 0 Å². The fourth-order valence-electron chi connectivity index (χ4n) is 2.67. The van der Waals surface area contributed by atoms with Crippen LogP contribution in [-0.2, 0) is 6.42 Å². The largest absolute Gasteiger partial charge is 0.491 e. The minimum absolute atomic E-state index is 0.0670. The van der Waals surface area contributed by atoms with Crippen molar-refractivity contribution in [2.45, 2.75) is 25.4 Å². The molecule has 0 fully saturated rings. The van der Waals surface area contributed by atoms with Crippen molar-refractivity contribution in [3.8, 4) is 5.75 Å². The standard InChI is InChI=1S/C20H29ClN10O3/c21-15-17(23)30-16(22)14(29-15)18(33)31-20(26)27-8-2-1-3-11-4-6-13(7-5-11)34-10-12(32)9-28-19(24)25/h4-7,12,32H,1-3,8-10H2,(H4,22,23,30)(H4,24,25,28)(H3,26,27,31,33). The summed E-state index contributed by atoms with van der Waals surface area (Å²) in [5.41, 5.74) is 28.2. The molecule has 0 aliphatic rings. The van der Waals surface area contributed by atoms with Gasteiger partial charge in [-0.25, -0.2) is 9.97 Å². The van der Waals surface area contributed by atoms with Crippen molar-refractivity contribution in [1.82, 2.24) is 15.3 Å². The molecule has 1 atom stereocenters. The third-order valence-corrected chi connectivity index (χ3v) is 4.65. The van der Waals surface area contributed by atoms with E-state index in [1.807, 2.05) is 24.3 Å². The summed E-state index contributed by atoms with van der Waals surface area (Å²) in [6.45, 7) is 0.580. The Kier molecular flexibility index (Phi) is 10.1. The molecule has 34 heavy (non-hydrogen) atoms. The highest BCUT2D eigenvalue weighted by Crippen LogP contribution is 2.17. The zero-order valence-corrected chi connectivity index (χ0v) is 19.2. The lowest BCUT2D eigenvalue weighted by molar-refractivity contribution is 0.0972. The number of rotatable bonds is 11. The van der Waals surface area contributed by atoms with Crippen LogP contribution in [0.5, 0.6) is 5.75 Å². The van der Waals surface area contributed by atoms with Crippen LogP contribution in [0.1, 0.15) is 28.9 Å². The Hall–Kier alpha value is -3.84. The molecule has 2 aromatic rings. The predicted molar refractivity (Wildman–Crippen MR) is 131 cm³/mol. The summed E-state index contributed by atoms with van der Waals surface area (Å²) >= 11 is 5.77. The van der Waals surface area contributed by atoms with Crippen LogP contribution >= 0.6 is 11.6 Å². The number of aliphatic imine (C=N–C) groups is 2. The number of nitrogen functional groups attached to an aromatic ring is 2. The second-order valence-electron chi connectivity index (χ2n) is 7.19. The van der Waals surface area contributed by atoms with Gasteiger partial charge in [0.05, 0.1) is 6.54 Å². The van der Waals surface area contributed by atoms with Gasteiger partial charge in [0.2, 0.25) is 0 Å². The van der Waals surface area contributed by atoms with E-state index in [9.17, 15) is 9.90 Å². The van der Waals surface area contributed by atoms with E-state index in [1.54, 1.807) is 0 Å². The Morgan fingerprint density at radius 1 is 1.09 bits per heavy atom. The molecule has 14 heteroatoms. The van der Waals surface area contributed by atoms with Gasteiger partial charge < -0.3 is 38.5 Å². The zero-order chi connectivity index (χ0) is 25.1. The Balaban J connectivity index is 1.70. The summed E-state index contributed by atoms with van der Waals surface area (Å²) in [6.07, 6.45) is 1.63. The number of benzene rings is 1. The molecule has 0 radical (unpaired) electrons. The maximum absolute atomic E-state index is 12.2. The minimum atomic E-state index is -0.797. The number of aliphatic hydroxyl groups excluding tert-OH is 1. The van der Waals surface area contributed by atoms with E-state index in [2.05, 4.69) is 25.3 Å². The number of nitrogens with zero attached hydrogens (tertiary/aromatic N) is 4. The van der Waals surface area contributed by atoms with Crippen LogP contribution in [0.4, 0.5) is 11.6 Å². The molecular weight excluding hydrogens is 464 g/mol. The number of unbranched alkanes of at least 4 members (excludes halogenated alkanes) is 1. The van der Waals surface area contributed by atoms with E-state index >= 15 is 0 Å². The number of carbonyl (C=O) groups is 1. The van der Waals surface area contributed by atoms with Gasteiger partial charge >= 0.3 is 0 Å². The fraction of sp³-hybridized carbons (Fsp3) is 0.350. The van der Waals surface area contributed by atoms with Crippen LogP contribution in [0.2, 0.25) is 5.15 Å². The SMILES string of the molecule is NC(N)=NCC(O)COc1ccc(CCCCN=C(N)NC(=O)c2nc(Cl)c(N)nc2N)cc1. The second kappa shape index (κ2) is 13.0. The molecule has 0 spiro atoms. The van der Waals surface area contributed by atoms with E-state index < -0.39 is 12.0 Å². The number of halogens is 1. The Morgan fingerprint density at radius 3 is 2.47 bits per heavy atom. The molecule has 0 saturated carbocycles. The number of carbonyl (C=O) groups excluding carboxylic acids is 1. The number of nitrogens with two attached hydrogens (primary N) is 5. The summed E-state index contributed by atoms with van der Waals surface area (Å²) in [5, 5.41) is 12.0. The van der Waals surface area contributed by atoms with E-state index in [4.69, 9.17) is 45.0 Å². The Morgan fingerprint density at radius 2 is 1.79 bits per heavy atom. The molecule has 0 aliphatic carbocycles. The Labute approximate surface area is 201 Å². The lowest BCUT2D eigenvalue weighted by atomic mass is 10.1. The molecule has 1 unspecified atom stereocenters. The zero-order valence-electron chi connectivity index (χ0n) is 18.4. The summed E-state index contributed by atoms with van der Waals surface area (Å²) in [7, 11) is 0. The summed E-state index contributed by atoms with van der Waals surface area (Å²) in [6, 6.07) is 7.54. The van der Waals surface area contributed by atoms with Gasteiger partial charge in [-0.3, -0.25) is 20.1 Å². The lowest BCUT2D eigenvalue weighted by Gasteiger charge is -2.11. The normalized spacial score (nSPS) is 12.1. The smallest absolute Gasteiger partial charge is 0.280 e. The maximum Gasteiger partial charge on any atom is 0.280 e. The van der Waals surface area contributed by atoms with E-state index in [1.165, 1.54) is 0 Å². The number of aliphatic hydroxyl groups is 1. The third kappa shape index (κ3) is 8.96. The van der Waals surface area contributed by atoms with E-state index in [0.717, 1.165) is 24.8 Å². The highest BCUT2D eigenvalue weighted by molar-refractivity contribution is 6.31. The van der Waals surface area contributed by atoms with Crippen LogP contribution < -0.4 is 38.7 Å². The summed E-state index contributed by atoms with van der Waals surface area (Å²) < 4.78 is 5.51. The third-order valence-electron chi connectivity index (χ3n) is 4.37. The first-order chi connectivity index (χ1) is 16.2. The average molecular weight is 493 g/mol. The molecule has 0 saturated heterocycles. The first kappa shape index (κ1) is 26.4. The molecule has 0 aliphatic heterocycles. The van der Waals surface area contributed by atoms with Gasteiger partial charge in [-0.05, 0) is 37.0 Å². The minimum Gasteiger partial charge on any atom is -0.491 e. The van der Waals surface area contributed by atoms with Crippen LogP contribution in [0.25, 0.3) is 0 Å². The lowest BCUT2D eigenvalue weighted by Crippen LogP contribution is -2.38. The van der Waals surface area contributed by atoms with Crippen LogP contribution in [-0.4, -0.2) is 58.7 Å². The van der Waals surface area contributed by atoms with Gasteiger partial charge in [-0.1, -0.05) is 23.7 Å². The number of amides is 1. The monoisotopic (exact) mass is 492 g/mol. The van der Waals surface area contributed by atoms with Crippen molar-refractivity contribution in [1.29, 1.82) is 0 Å². The highest BCUT2D eigenvalue weighted by Gasteiger charge is 2.16. The van der Waals surface area contributed by atoms with Crippen LogP contribution in [0.15, 0.2) is 34.3 Å². The van der Waals surface area contributed by atoms with Crippen molar-refractivity contribution in [2.75, 3.05) is 31.2 Å². The number of ether oxygens (including phenoxy) is 1. The first-order valence-corrected chi connectivity index (χ1v) is 10.7. The molecule has 1 aromatic carbocycles. The van der Waals surface area contributed by atoms with E-state index in [0.29, 0.717) is 12.3 Å². The van der Waals surface area contributed by atoms with Crippen molar-refractivity contribution < 1.29 is 14.6 Å². The molecule has 184 valence electrons. The van der Waals surface area contributed by atoms with Crippen molar-refractivity contribution >= 4 is 41.1 Å². The number of aryl methyl sites for hydroxylation is 1. The number of aromatic nitrogens is 2. The van der Waals surface area contributed by atoms with Gasteiger partial charge in [0.25, 0.3) is 5.91 Å². The molecule has 1 aromatic heterocycles. The van der Waals surface area contributed by atoms with Crippen LogP contribution in [0.3, 0.4) is 0 Å². The summed E-state index contributed by atoms with van der Waals surface area (Å²) in [4.78, 5) is 27.6. The number of hydrogen-bond donors (Lipinski definition) is 7. The predicted octanol–water partition coefficient (Wildman–Crippen LogP) is -0.625. The molecular formula is C20H29ClN10O3. The number of guanidine groups is 2. The van der Waals surface area contributed by atoms with Crippen molar-refractivity contribution in [3.05, 3.63) is 40.7 Å². The Bertz CT molecular complexity index is 1030. The first-order valence-electron chi connectivity index (χ1n) is 10.3. The van der Waals surface area contributed by atoms with Gasteiger partial charge in [0, 0.05) is 6.54 Å². The van der Waals surface area contributed by atoms with Gasteiger partial charge in [0.15, 0.2) is 34.4 Å². The second-order valence-corrected chi connectivity index (χ2v) is 7.54. The van der Waals surface area contributed by atoms with Crippen LogP contribution in [0, 0.1) is 0 Å². The molecule has 1 heterocycles.